The third-order valence-corrected chi connectivity index (χ3v) is 6.17. The van der Waals surface area contributed by atoms with E-state index in [9.17, 15) is 17.6 Å². The molecular formula is C23H18Cl2F4N6S. The van der Waals surface area contributed by atoms with Gasteiger partial charge in [0.25, 0.3) is 0 Å². The van der Waals surface area contributed by atoms with Crippen molar-refractivity contribution < 1.29 is 17.6 Å². The number of thiocarbonyl (C=S) groups is 1. The fourth-order valence-electron chi connectivity index (χ4n) is 3.54. The molecule has 188 valence electrons. The Bertz CT molecular complexity index is 1470. The number of anilines is 2. The maximum Gasteiger partial charge on any atom is 0.194 e. The molecule has 0 aliphatic carbocycles. The Balaban J connectivity index is 1.44. The summed E-state index contributed by atoms with van der Waals surface area (Å²) in [4.78, 5) is 0. The van der Waals surface area contributed by atoms with Crippen molar-refractivity contribution in [2.75, 3.05) is 10.6 Å². The second kappa shape index (κ2) is 10.5. The number of hydrogen-bond donors (Lipinski definition) is 2. The van der Waals surface area contributed by atoms with E-state index in [1.807, 2.05) is 19.9 Å². The van der Waals surface area contributed by atoms with Gasteiger partial charge >= 0.3 is 0 Å². The standard InChI is InChI=1S/C23H18Cl2F4N6S/c1-11-22(12(2)35(33-11)8-13-3-4-14(24)5-17(13)25)32-23(36)31-15-7-30-34(9-15)10-16-18(26)6-19(27)21(29)20(16)28/h3-7,9H,8,10H2,1-2H3,(H2,31,32,36). The van der Waals surface area contributed by atoms with Crippen molar-refractivity contribution in [3.63, 3.8) is 0 Å². The number of nitrogens with one attached hydrogen (secondary N) is 2. The van der Waals surface area contributed by atoms with Crippen LogP contribution in [-0.2, 0) is 13.1 Å². The summed E-state index contributed by atoms with van der Waals surface area (Å²) in [6, 6.07) is 5.54. The molecular weight excluding hydrogens is 539 g/mol. The minimum atomic E-state index is -1.74. The van der Waals surface area contributed by atoms with E-state index in [4.69, 9.17) is 35.4 Å². The van der Waals surface area contributed by atoms with Crippen LogP contribution in [0.3, 0.4) is 0 Å². The molecule has 0 amide bonds. The number of halogens is 6. The molecule has 0 atom stereocenters. The summed E-state index contributed by atoms with van der Waals surface area (Å²) in [5.74, 6) is -6.15. The van der Waals surface area contributed by atoms with Gasteiger partial charge in [-0.15, -0.1) is 0 Å². The monoisotopic (exact) mass is 556 g/mol. The fraction of sp³-hybridized carbons (Fsp3) is 0.174. The Morgan fingerprint density at radius 1 is 1.00 bits per heavy atom. The molecule has 0 spiro atoms. The average molecular weight is 557 g/mol. The van der Waals surface area contributed by atoms with Crippen LogP contribution in [0.25, 0.3) is 0 Å². The van der Waals surface area contributed by atoms with E-state index in [-0.39, 0.29) is 5.11 Å². The second-order valence-corrected chi connectivity index (χ2v) is 9.14. The fourth-order valence-corrected chi connectivity index (χ4v) is 4.23. The molecule has 2 aromatic heterocycles. The lowest BCUT2D eigenvalue weighted by molar-refractivity contribution is 0.420. The van der Waals surface area contributed by atoms with Crippen molar-refractivity contribution in [2.24, 2.45) is 0 Å². The predicted octanol–water partition coefficient (Wildman–Crippen LogP) is 6.47. The first-order valence-electron chi connectivity index (χ1n) is 10.4. The molecule has 0 aliphatic rings. The second-order valence-electron chi connectivity index (χ2n) is 7.89. The van der Waals surface area contributed by atoms with Crippen molar-refractivity contribution in [3.05, 3.63) is 92.5 Å². The SMILES string of the molecule is Cc1nn(Cc2ccc(Cl)cc2Cl)c(C)c1NC(=S)Nc1cnn(Cc2c(F)cc(F)c(F)c2F)c1. The molecule has 4 rings (SSSR count). The van der Waals surface area contributed by atoms with E-state index in [0.29, 0.717) is 39.7 Å². The largest absolute Gasteiger partial charge is 0.330 e. The van der Waals surface area contributed by atoms with Crippen molar-refractivity contribution in [1.29, 1.82) is 0 Å². The highest BCUT2D eigenvalue weighted by atomic mass is 35.5. The van der Waals surface area contributed by atoms with Gasteiger partial charge in [0, 0.05) is 27.9 Å². The zero-order valence-corrected chi connectivity index (χ0v) is 21.2. The average Bonchev–Trinajstić information content (AvgIpc) is 3.36. The first kappa shape index (κ1) is 25.9. The van der Waals surface area contributed by atoms with Crippen LogP contribution in [0.15, 0.2) is 36.7 Å². The van der Waals surface area contributed by atoms with Crippen LogP contribution in [0.5, 0.6) is 0 Å². The zero-order valence-electron chi connectivity index (χ0n) is 18.8. The highest BCUT2D eigenvalue weighted by Crippen LogP contribution is 2.25. The molecule has 2 heterocycles. The lowest BCUT2D eigenvalue weighted by Crippen LogP contribution is -2.19. The maximum atomic E-state index is 14.0. The Kier molecular flexibility index (Phi) is 7.53. The van der Waals surface area contributed by atoms with Crippen molar-refractivity contribution in [2.45, 2.75) is 26.9 Å². The van der Waals surface area contributed by atoms with E-state index in [1.54, 1.807) is 16.8 Å². The molecule has 6 nitrogen and oxygen atoms in total. The molecule has 4 aromatic rings. The third-order valence-electron chi connectivity index (χ3n) is 5.38. The summed E-state index contributed by atoms with van der Waals surface area (Å²) >= 11 is 17.6. The summed E-state index contributed by atoms with van der Waals surface area (Å²) in [6.45, 7) is 3.67. The number of aromatic nitrogens is 4. The van der Waals surface area contributed by atoms with Crippen LogP contribution in [0.1, 0.15) is 22.5 Å². The van der Waals surface area contributed by atoms with Gasteiger partial charge in [-0.3, -0.25) is 9.36 Å². The number of benzene rings is 2. The van der Waals surface area contributed by atoms with E-state index in [1.165, 1.54) is 12.4 Å². The van der Waals surface area contributed by atoms with Crippen LogP contribution in [0.4, 0.5) is 28.9 Å². The minimum absolute atomic E-state index is 0.218. The van der Waals surface area contributed by atoms with Crippen LogP contribution in [0.2, 0.25) is 10.0 Å². The summed E-state index contributed by atoms with van der Waals surface area (Å²) in [7, 11) is 0. The van der Waals surface area contributed by atoms with Gasteiger partial charge in [0.1, 0.15) is 5.82 Å². The smallest absolute Gasteiger partial charge is 0.194 e. The minimum Gasteiger partial charge on any atom is -0.330 e. The molecule has 13 heteroatoms. The van der Waals surface area contributed by atoms with Gasteiger partial charge < -0.3 is 10.6 Å². The molecule has 2 N–H and O–H groups in total. The number of rotatable bonds is 6. The third kappa shape index (κ3) is 5.48. The summed E-state index contributed by atoms with van der Waals surface area (Å²) in [6.07, 6.45) is 2.79. The van der Waals surface area contributed by atoms with Crippen LogP contribution in [0, 0.1) is 37.1 Å². The Morgan fingerprint density at radius 2 is 1.75 bits per heavy atom. The Morgan fingerprint density at radius 3 is 2.47 bits per heavy atom. The van der Waals surface area contributed by atoms with Gasteiger partial charge in [-0.2, -0.15) is 10.2 Å². The maximum absolute atomic E-state index is 14.0. The molecule has 0 saturated carbocycles. The zero-order chi connectivity index (χ0) is 26.1. The van der Waals surface area contributed by atoms with Gasteiger partial charge in [-0.1, -0.05) is 29.3 Å². The highest BCUT2D eigenvalue weighted by Gasteiger charge is 2.20. The molecule has 0 unspecified atom stereocenters. The lowest BCUT2D eigenvalue weighted by atomic mass is 10.2. The summed E-state index contributed by atoms with van der Waals surface area (Å²) in [5, 5.41) is 15.8. The lowest BCUT2D eigenvalue weighted by Gasteiger charge is -2.11. The van der Waals surface area contributed by atoms with Crippen molar-refractivity contribution in [1.82, 2.24) is 19.6 Å². The van der Waals surface area contributed by atoms with Crippen LogP contribution < -0.4 is 10.6 Å². The summed E-state index contributed by atoms with van der Waals surface area (Å²) < 4.78 is 57.5. The van der Waals surface area contributed by atoms with Crippen LogP contribution in [-0.4, -0.2) is 24.7 Å². The number of hydrogen-bond acceptors (Lipinski definition) is 3. The first-order valence-corrected chi connectivity index (χ1v) is 11.6. The normalized spacial score (nSPS) is 11.1. The molecule has 0 saturated heterocycles. The van der Waals surface area contributed by atoms with E-state index in [0.717, 1.165) is 15.9 Å². The molecule has 0 bridgehead atoms. The highest BCUT2D eigenvalue weighted by molar-refractivity contribution is 7.80. The van der Waals surface area contributed by atoms with Gasteiger partial charge in [0.05, 0.1) is 42.0 Å². The summed E-state index contributed by atoms with van der Waals surface area (Å²) in [5.41, 5.74) is 2.80. The molecule has 36 heavy (non-hydrogen) atoms. The predicted molar refractivity (Wildman–Crippen MR) is 135 cm³/mol. The molecule has 0 fully saturated rings. The van der Waals surface area contributed by atoms with E-state index >= 15 is 0 Å². The molecule has 2 aromatic carbocycles. The quantitative estimate of drug-likeness (QED) is 0.123. The van der Waals surface area contributed by atoms with Crippen LogP contribution >= 0.6 is 35.4 Å². The van der Waals surface area contributed by atoms with E-state index in [2.05, 4.69) is 20.8 Å². The molecule has 0 aliphatic heterocycles. The van der Waals surface area contributed by atoms with Crippen molar-refractivity contribution >= 4 is 51.9 Å². The van der Waals surface area contributed by atoms with Crippen molar-refractivity contribution in [3.8, 4) is 0 Å². The van der Waals surface area contributed by atoms with Gasteiger partial charge in [0.2, 0.25) is 0 Å². The Labute approximate surface area is 218 Å². The number of nitrogens with zero attached hydrogens (tertiary/aromatic N) is 4. The van der Waals surface area contributed by atoms with Gasteiger partial charge in [-0.25, -0.2) is 17.6 Å². The van der Waals surface area contributed by atoms with E-state index < -0.39 is 35.4 Å². The topological polar surface area (TPSA) is 59.7 Å². The van der Waals surface area contributed by atoms with Gasteiger partial charge in [0.15, 0.2) is 22.6 Å². The Hall–Kier alpha value is -3.15. The molecule has 0 radical (unpaired) electrons. The van der Waals surface area contributed by atoms with Gasteiger partial charge in [-0.05, 0) is 43.8 Å². The number of aryl methyl sites for hydroxylation is 1. The first-order chi connectivity index (χ1) is 17.0.